The maximum Gasteiger partial charge on any atom is 0.157 e. The van der Waals surface area contributed by atoms with Crippen molar-refractivity contribution in [2.45, 2.75) is 18.6 Å². The number of H-pyrrole nitrogens is 1. The highest BCUT2D eigenvalue weighted by Crippen LogP contribution is 2.38. The lowest BCUT2D eigenvalue weighted by Gasteiger charge is -2.30. The molecule has 4 rings (SSSR count). The van der Waals surface area contributed by atoms with E-state index in [0.29, 0.717) is 18.5 Å². The first-order valence-corrected chi connectivity index (χ1v) is 7.79. The minimum absolute atomic E-state index is 0.115. The van der Waals surface area contributed by atoms with Gasteiger partial charge in [-0.05, 0) is 53.4 Å². The summed E-state index contributed by atoms with van der Waals surface area (Å²) in [5.41, 5.74) is 3.34. The number of phenolic OH excluding ortho intramolecular Hbond substituents is 3. The second kappa shape index (κ2) is 5.43. The molecule has 24 heavy (non-hydrogen) atoms. The molecule has 2 aromatic carbocycles. The molecule has 6 nitrogen and oxygen atoms in total. The first kappa shape index (κ1) is 14.9. The maximum absolute atomic E-state index is 10.1. The number of benzene rings is 2. The lowest BCUT2D eigenvalue weighted by atomic mass is 9.88. The van der Waals surface area contributed by atoms with E-state index in [2.05, 4.69) is 10.3 Å². The van der Waals surface area contributed by atoms with Crippen molar-refractivity contribution in [1.29, 1.82) is 0 Å². The fourth-order valence-electron chi connectivity index (χ4n) is 3.41. The van der Waals surface area contributed by atoms with Crippen LogP contribution in [0, 0.1) is 0 Å². The molecule has 0 bridgehead atoms. The summed E-state index contributed by atoms with van der Waals surface area (Å²) in [7, 11) is 0. The summed E-state index contributed by atoms with van der Waals surface area (Å²) in [5, 5.41) is 43.6. The number of hydrogen-bond acceptors (Lipinski definition) is 5. The van der Waals surface area contributed by atoms with E-state index in [1.807, 2.05) is 12.3 Å². The maximum atomic E-state index is 10.1. The van der Waals surface area contributed by atoms with Gasteiger partial charge >= 0.3 is 0 Å². The number of phenols is 3. The fourth-order valence-corrected chi connectivity index (χ4v) is 3.41. The Kier molecular flexibility index (Phi) is 3.37. The molecule has 6 heteroatoms. The van der Waals surface area contributed by atoms with Crippen LogP contribution in [0.4, 0.5) is 0 Å². The zero-order valence-corrected chi connectivity index (χ0v) is 12.8. The van der Waals surface area contributed by atoms with Crippen LogP contribution >= 0.6 is 0 Å². The zero-order chi connectivity index (χ0) is 16.8. The molecular weight excluding hydrogens is 308 g/mol. The number of aromatic amines is 1. The number of β-amino-alcohol motifs (C(OH)–C–C–N with tert-alkyl or cyclic N) is 1. The molecule has 0 saturated heterocycles. The summed E-state index contributed by atoms with van der Waals surface area (Å²) in [5.74, 6) is -0.227. The standard InChI is InChI=1S/C18H18N2O4/c21-10-1-2-14-11(4-10)9(7-19-14)3-15-12-5-16(22)17(23)6-13(12)18(24)8-20-15/h1-2,4-7,15,18-24H,3,8H2. The topological polar surface area (TPSA) is 109 Å². The molecule has 124 valence electrons. The summed E-state index contributed by atoms with van der Waals surface area (Å²) in [6.45, 7) is 0.371. The smallest absolute Gasteiger partial charge is 0.157 e. The van der Waals surface area contributed by atoms with Crippen LogP contribution in [-0.4, -0.2) is 32.0 Å². The van der Waals surface area contributed by atoms with Crippen molar-refractivity contribution in [3.8, 4) is 17.2 Å². The number of aromatic hydroxyl groups is 3. The molecule has 0 amide bonds. The van der Waals surface area contributed by atoms with Crippen molar-refractivity contribution in [1.82, 2.24) is 10.3 Å². The Hall–Kier alpha value is -2.70. The highest BCUT2D eigenvalue weighted by molar-refractivity contribution is 5.84. The van der Waals surface area contributed by atoms with Crippen LogP contribution in [0.5, 0.6) is 17.2 Å². The summed E-state index contributed by atoms with van der Waals surface area (Å²) >= 11 is 0. The molecule has 1 aromatic heterocycles. The molecule has 2 unspecified atom stereocenters. The number of aromatic nitrogens is 1. The second-order valence-corrected chi connectivity index (χ2v) is 6.19. The van der Waals surface area contributed by atoms with E-state index < -0.39 is 6.10 Å². The average molecular weight is 326 g/mol. The van der Waals surface area contributed by atoms with E-state index in [1.54, 1.807) is 12.1 Å². The molecule has 6 N–H and O–H groups in total. The number of aliphatic hydroxyl groups is 1. The lowest BCUT2D eigenvalue weighted by Crippen LogP contribution is -2.34. The number of aliphatic hydroxyl groups excluding tert-OH is 1. The third kappa shape index (κ3) is 2.36. The van der Waals surface area contributed by atoms with Gasteiger partial charge in [0.2, 0.25) is 0 Å². The van der Waals surface area contributed by atoms with Gasteiger partial charge in [-0.1, -0.05) is 0 Å². The lowest BCUT2D eigenvalue weighted by molar-refractivity contribution is 0.156. The van der Waals surface area contributed by atoms with Crippen molar-refractivity contribution in [3.05, 3.63) is 53.2 Å². The number of rotatable bonds is 2. The van der Waals surface area contributed by atoms with Crippen molar-refractivity contribution in [3.63, 3.8) is 0 Å². The average Bonchev–Trinajstić information content (AvgIpc) is 2.94. The van der Waals surface area contributed by atoms with Gasteiger partial charge in [0, 0.05) is 29.7 Å². The summed E-state index contributed by atoms with van der Waals surface area (Å²) in [6.07, 6.45) is 1.79. The number of hydrogen-bond donors (Lipinski definition) is 6. The van der Waals surface area contributed by atoms with Crippen LogP contribution < -0.4 is 5.32 Å². The molecule has 2 heterocycles. The first-order valence-electron chi connectivity index (χ1n) is 7.79. The molecule has 0 aliphatic carbocycles. The minimum Gasteiger partial charge on any atom is -0.508 e. The van der Waals surface area contributed by atoms with E-state index in [-0.39, 0.29) is 23.3 Å². The quantitative estimate of drug-likeness (QED) is 0.405. The van der Waals surface area contributed by atoms with Gasteiger partial charge < -0.3 is 30.7 Å². The Labute approximate surface area is 138 Å². The summed E-state index contributed by atoms with van der Waals surface area (Å²) < 4.78 is 0. The fraction of sp³-hybridized carbons (Fsp3) is 0.222. The van der Waals surface area contributed by atoms with Crippen LogP contribution in [0.2, 0.25) is 0 Å². The molecule has 3 aromatic rings. The van der Waals surface area contributed by atoms with Crippen molar-refractivity contribution >= 4 is 10.9 Å². The van der Waals surface area contributed by atoms with Crippen molar-refractivity contribution < 1.29 is 20.4 Å². The highest BCUT2D eigenvalue weighted by Gasteiger charge is 2.28. The Morgan fingerprint density at radius 3 is 2.54 bits per heavy atom. The summed E-state index contributed by atoms with van der Waals surface area (Å²) in [4.78, 5) is 3.18. The number of nitrogens with one attached hydrogen (secondary N) is 2. The molecular formula is C18H18N2O4. The first-order chi connectivity index (χ1) is 11.5. The number of fused-ring (bicyclic) bond motifs is 2. The van der Waals surface area contributed by atoms with Crippen LogP contribution in [-0.2, 0) is 6.42 Å². The van der Waals surface area contributed by atoms with Gasteiger partial charge in [-0.25, -0.2) is 0 Å². The van der Waals surface area contributed by atoms with Crippen LogP contribution in [0.15, 0.2) is 36.5 Å². The highest BCUT2D eigenvalue weighted by atomic mass is 16.3. The Bertz CT molecular complexity index is 919. The van der Waals surface area contributed by atoms with Gasteiger partial charge in [0.15, 0.2) is 11.5 Å². The molecule has 0 fully saturated rings. The van der Waals surface area contributed by atoms with Gasteiger partial charge in [0.1, 0.15) is 5.75 Å². The predicted molar refractivity (Wildman–Crippen MR) is 89.1 cm³/mol. The van der Waals surface area contributed by atoms with E-state index in [9.17, 15) is 20.4 Å². The molecule has 0 radical (unpaired) electrons. The van der Waals surface area contributed by atoms with Gasteiger partial charge in [-0.3, -0.25) is 0 Å². The van der Waals surface area contributed by atoms with E-state index in [0.717, 1.165) is 22.0 Å². The predicted octanol–water partition coefficient (Wildman–Crippen LogP) is 2.21. The van der Waals surface area contributed by atoms with E-state index in [4.69, 9.17) is 0 Å². The largest absolute Gasteiger partial charge is 0.508 e. The van der Waals surface area contributed by atoms with Gasteiger partial charge in [-0.2, -0.15) is 0 Å². The van der Waals surface area contributed by atoms with Crippen LogP contribution in [0.3, 0.4) is 0 Å². The molecule has 1 aliphatic rings. The molecule has 2 atom stereocenters. The van der Waals surface area contributed by atoms with Crippen molar-refractivity contribution in [2.75, 3.05) is 6.54 Å². The third-order valence-corrected chi connectivity index (χ3v) is 4.65. The second-order valence-electron chi connectivity index (χ2n) is 6.19. The van der Waals surface area contributed by atoms with Crippen LogP contribution in [0.25, 0.3) is 10.9 Å². The van der Waals surface area contributed by atoms with E-state index in [1.165, 1.54) is 12.1 Å². The molecule has 1 aliphatic heterocycles. The Morgan fingerprint density at radius 2 is 1.75 bits per heavy atom. The SMILES string of the molecule is Oc1ccc2[nH]cc(CC3NCC(O)c4cc(O)c(O)cc43)c2c1. The van der Waals surface area contributed by atoms with E-state index >= 15 is 0 Å². The van der Waals surface area contributed by atoms with Crippen LogP contribution in [0.1, 0.15) is 28.8 Å². The van der Waals surface area contributed by atoms with Gasteiger partial charge in [0.05, 0.1) is 6.10 Å². The monoisotopic (exact) mass is 326 g/mol. The third-order valence-electron chi connectivity index (χ3n) is 4.65. The zero-order valence-electron chi connectivity index (χ0n) is 12.8. The Morgan fingerprint density at radius 1 is 1.00 bits per heavy atom. The molecule has 0 saturated carbocycles. The van der Waals surface area contributed by atoms with Crippen molar-refractivity contribution in [2.24, 2.45) is 0 Å². The minimum atomic E-state index is -0.727. The summed E-state index contributed by atoms with van der Waals surface area (Å²) in [6, 6.07) is 7.98. The van der Waals surface area contributed by atoms with Gasteiger partial charge in [0.25, 0.3) is 0 Å². The Balaban J connectivity index is 1.74. The molecule has 0 spiro atoms. The normalized spacial score (nSPS) is 20.2. The van der Waals surface area contributed by atoms with Gasteiger partial charge in [-0.15, -0.1) is 0 Å².